The highest BCUT2D eigenvalue weighted by Gasteiger charge is 2.24. The number of nitrogens with zero attached hydrogens (tertiary/aromatic N) is 3. The van der Waals surface area contributed by atoms with Crippen molar-refractivity contribution in [3.05, 3.63) is 36.3 Å². The van der Waals surface area contributed by atoms with Gasteiger partial charge in [-0.25, -0.2) is 4.98 Å². The second-order valence-corrected chi connectivity index (χ2v) is 5.31. The largest absolute Gasteiger partial charge is 0.396 e. The first kappa shape index (κ1) is 12.6. The Labute approximate surface area is 113 Å². The van der Waals surface area contributed by atoms with E-state index in [1.165, 1.54) is 18.5 Å². The maximum atomic E-state index is 8.98. The molecule has 1 fully saturated rings. The first-order valence-electron chi connectivity index (χ1n) is 7.14. The van der Waals surface area contributed by atoms with Crippen molar-refractivity contribution in [1.29, 1.82) is 0 Å². The molecule has 0 radical (unpaired) electrons. The van der Waals surface area contributed by atoms with Gasteiger partial charge in [0.2, 0.25) is 0 Å². The first-order valence-corrected chi connectivity index (χ1v) is 7.14. The predicted molar refractivity (Wildman–Crippen MR) is 74.9 cm³/mol. The van der Waals surface area contributed by atoms with Gasteiger partial charge >= 0.3 is 0 Å². The Bertz CT molecular complexity index is 537. The molecule has 0 aromatic carbocycles. The van der Waals surface area contributed by atoms with Crippen LogP contribution < -0.4 is 0 Å². The van der Waals surface area contributed by atoms with Crippen molar-refractivity contribution in [1.82, 2.24) is 14.3 Å². The summed E-state index contributed by atoms with van der Waals surface area (Å²) in [6.07, 6.45) is 8.61. The van der Waals surface area contributed by atoms with Crippen LogP contribution in [0.25, 0.3) is 5.65 Å². The summed E-state index contributed by atoms with van der Waals surface area (Å²) in [6, 6.07) is 6.73. The van der Waals surface area contributed by atoms with Crippen molar-refractivity contribution in [2.75, 3.05) is 13.2 Å². The summed E-state index contributed by atoms with van der Waals surface area (Å²) in [6.45, 7) is 2.43. The van der Waals surface area contributed by atoms with Crippen molar-refractivity contribution in [3.8, 4) is 0 Å². The molecule has 1 N–H and O–H groups in total. The number of pyridine rings is 1. The molecule has 1 unspecified atom stereocenters. The average molecular weight is 259 g/mol. The third-order valence-electron chi connectivity index (χ3n) is 4.05. The highest BCUT2D eigenvalue weighted by atomic mass is 16.2. The van der Waals surface area contributed by atoms with E-state index < -0.39 is 0 Å². The summed E-state index contributed by atoms with van der Waals surface area (Å²) >= 11 is 0. The Morgan fingerprint density at radius 3 is 3.21 bits per heavy atom. The third kappa shape index (κ3) is 2.65. The van der Waals surface area contributed by atoms with Gasteiger partial charge in [-0.3, -0.25) is 4.90 Å². The monoisotopic (exact) mass is 259 g/mol. The summed E-state index contributed by atoms with van der Waals surface area (Å²) in [5, 5.41) is 8.98. The second-order valence-electron chi connectivity index (χ2n) is 5.31. The van der Waals surface area contributed by atoms with Crippen LogP contribution in [0, 0.1) is 0 Å². The summed E-state index contributed by atoms with van der Waals surface area (Å²) in [7, 11) is 0. The Kier molecular flexibility index (Phi) is 3.80. The van der Waals surface area contributed by atoms with E-state index in [4.69, 9.17) is 5.11 Å². The van der Waals surface area contributed by atoms with E-state index in [2.05, 4.69) is 20.5 Å². The Balaban J connectivity index is 1.73. The zero-order chi connectivity index (χ0) is 13.1. The van der Waals surface area contributed by atoms with Gasteiger partial charge in [-0.1, -0.05) is 6.07 Å². The number of aliphatic hydroxyl groups is 1. The van der Waals surface area contributed by atoms with Crippen molar-refractivity contribution in [3.63, 3.8) is 0 Å². The Morgan fingerprint density at radius 1 is 1.37 bits per heavy atom. The maximum Gasteiger partial charge on any atom is 0.136 e. The van der Waals surface area contributed by atoms with Crippen LogP contribution in [-0.2, 0) is 6.54 Å². The number of rotatable bonds is 5. The quantitative estimate of drug-likeness (QED) is 0.893. The van der Waals surface area contributed by atoms with Gasteiger partial charge in [0, 0.05) is 25.4 Å². The van der Waals surface area contributed by atoms with Gasteiger partial charge in [0.1, 0.15) is 5.65 Å². The molecular formula is C15H21N3O. The Hall–Kier alpha value is -1.39. The summed E-state index contributed by atoms with van der Waals surface area (Å²) in [4.78, 5) is 6.98. The van der Waals surface area contributed by atoms with Gasteiger partial charge < -0.3 is 9.51 Å². The smallest absolute Gasteiger partial charge is 0.136 e. The molecule has 19 heavy (non-hydrogen) atoms. The maximum absolute atomic E-state index is 8.98. The molecule has 1 atom stereocenters. The molecule has 0 aliphatic carbocycles. The molecule has 0 spiro atoms. The molecule has 0 bridgehead atoms. The molecule has 4 heteroatoms. The normalized spacial score (nSPS) is 20.4. The lowest BCUT2D eigenvalue weighted by Crippen LogP contribution is -2.29. The van der Waals surface area contributed by atoms with Crippen LogP contribution in [0.3, 0.4) is 0 Å². The van der Waals surface area contributed by atoms with E-state index >= 15 is 0 Å². The van der Waals surface area contributed by atoms with Crippen LogP contribution in [0.1, 0.15) is 31.4 Å². The van der Waals surface area contributed by atoms with Crippen molar-refractivity contribution < 1.29 is 5.11 Å². The van der Waals surface area contributed by atoms with Gasteiger partial charge in [0.15, 0.2) is 0 Å². The second kappa shape index (κ2) is 5.72. The minimum absolute atomic E-state index is 0.306. The number of likely N-dealkylation sites (tertiary alicyclic amines) is 1. The highest BCUT2D eigenvalue weighted by molar-refractivity contribution is 5.39. The van der Waals surface area contributed by atoms with E-state index in [9.17, 15) is 0 Å². The Morgan fingerprint density at radius 2 is 2.32 bits per heavy atom. The van der Waals surface area contributed by atoms with E-state index in [0.29, 0.717) is 12.6 Å². The van der Waals surface area contributed by atoms with Crippen LogP contribution in [-0.4, -0.2) is 38.6 Å². The minimum atomic E-state index is 0.306. The van der Waals surface area contributed by atoms with Gasteiger partial charge in [-0.05, 0) is 44.4 Å². The van der Waals surface area contributed by atoms with Gasteiger partial charge in [0.25, 0.3) is 0 Å². The van der Waals surface area contributed by atoms with Crippen molar-refractivity contribution in [2.24, 2.45) is 0 Å². The standard InChI is InChI=1S/C15H21N3O/c19-10-4-6-13-5-3-8-17(13)12-14-11-16-15-7-1-2-9-18(14)15/h1-2,7,9,11,13,19H,3-6,8,10,12H2. The zero-order valence-electron chi connectivity index (χ0n) is 11.2. The van der Waals surface area contributed by atoms with E-state index in [0.717, 1.165) is 31.6 Å². The molecule has 0 amide bonds. The SMILES string of the molecule is OCCCC1CCCN1Cc1cnc2ccccn12. The third-order valence-corrected chi connectivity index (χ3v) is 4.05. The summed E-state index contributed by atoms with van der Waals surface area (Å²) in [5.74, 6) is 0. The number of hydrogen-bond donors (Lipinski definition) is 1. The average Bonchev–Trinajstić information content (AvgIpc) is 3.05. The first-order chi connectivity index (χ1) is 9.38. The number of aromatic nitrogens is 2. The fourth-order valence-electron chi connectivity index (χ4n) is 3.07. The van der Waals surface area contributed by atoms with E-state index in [1.54, 1.807) is 0 Å². The molecule has 102 valence electrons. The zero-order valence-corrected chi connectivity index (χ0v) is 11.2. The topological polar surface area (TPSA) is 40.8 Å². The van der Waals surface area contributed by atoms with Gasteiger partial charge in [0.05, 0.1) is 11.9 Å². The van der Waals surface area contributed by atoms with Crippen molar-refractivity contribution in [2.45, 2.75) is 38.3 Å². The fraction of sp³-hybridized carbons (Fsp3) is 0.533. The number of imidazole rings is 1. The molecule has 4 nitrogen and oxygen atoms in total. The van der Waals surface area contributed by atoms with Gasteiger partial charge in [-0.2, -0.15) is 0 Å². The van der Waals surface area contributed by atoms with Crippen molar-refractivity contribution >= 4 is 5.65 Å². The van der Waals surface area contributed by atoms with E-state index in [1.807, 2.05) is 24.4 Å². The lowest BCUT2D eigenvalue weighted by atomic mass is 10.1. The number of fused-ring (bicyclic) bond motifs is 1. The number of aliphatic hydroxyl groups excluding tert-OH is 1. The predicted octanol–water partition coefficient (Wildman–Crippen LogP) is 2.07. The summed E-state index contributed by atoms with van der Waals surface area (Å²) < 4.78 is 2.17. The molecule has 1 aliphatic rings. The fourth-order valence-corrected chi connectivity index (χ4v) is 3.07. The van der Waals surface area contributed by atoms with Crippen LogP contribution in [0.5, 0.6) is 0 Å². The van der Waals surface area contributed by atoms with Crippen LogP contribution in [0.15, 0.2) is 30.6 Å². The lowest BCUT2D eigenvalue weighted by Gasteiger charge is -2.23. The molecule has 3 rings (SSSR count). The minimum Gasteiger partial charge on any atom is -0.396 e. The lowest BCUT2D eigenvalue weighted by molar-refractivity contribution is 0.208. The van der Waals surface area contributed by atoms with E-state index in [-0.39, 0.29) is 0 Å². The molecule has 1 aliphatic heterocycles. The van der Waals surface area contributed by atoms with Gasteiger partial charge in [-0.15, -0.1) is 0 Å². The van der Waals surface area contributed by atoms with Crippen LogP contribution in [0.4, 0.5) is 0 Å². The molecule has 1 saturated heterocycles. The number of hydrogen-bond acceptors (Lipinski definition) is 3. The molecule has 3 heterocycles. The van der Waals surface area contributed by atoms with Crippen LogP contribution >= 0.6 is 0 Å². The summed E-state index contributed by atoms with van der Waals surface area (Å²) in [5.41, 5.74) is 2.27. The molecule has 2 aromatic heterocycles. The molecule has 0 saturated carbocycles. The molecular weight excluding hydrogens is 238 g/mol. The van der Waals surface area contributed by atoms with Crippen LogP contribution in [0.2, 0.25) is 0 Å². The molecule has 2 aromatic rings. The highest BCUT2D eigenvalue weighted by Crippen LogP contribution is 2.23.